The zero-order valence-corrected chi connectivity index (χ0v) is 20.0. The Morgan fingerprint density at radius 3 is 2.53 bits per heavy atom. The molecule has 1 heterocycles. The van der Waals surface area contributed by atoms with Gasteiger partial charge >= 0.3 is 0 Å². The molecular weight excluding hydrogens is 372 g/mol. The Hall–Kier alpha value is -0.410. The minimum absolute atomic E-state index is 0.0811. The molecule has 1 saturated heterocycles. The molecule has 30 heavy (non-hydrogen) atoms. The number of hydrogen-bond donors (Lipinski definition) is 1. The van der Waals surface area contributed by atoms with Crippen LogP contribution in [0.15, 0.2) is 0 Å². The molecule has 4 unspecified atom stereocenters. The number of aliphatic hydroxyl groups is 1. The van der Waals surface area contributed by atoms with Crippen LogP contribution in [0.3, 0.4) is 0 Å². The molecular formula is C27H44O3. The lowest BCUT2D eigenvalue weighted by atomic mass is 9.44. The van der Waals surface area contributed by atoms with Gasteiger partial charge in [-0.1, -0.05) is 53.9 Å². The standard InChI is InChI=1S/C27H44O3/c1-16(2)7-6-8-17(3)19-9-10-20-22-21(12-13-25(19,20)4)26(5)14-11-18(28)15-27(26)24(30-27)23(22)29/h16-22,24,28H,6-15H2,1-5H3/t17-,18-,19?,20?,21?,22?,24-,25+,26+,27-/m0/s1. The molecule has 0 bridgehead atoms. The molecule has 4 saturated carbocycles. The average molecular weight is 417 g/mol. The highest BCUT2D eigenvalue weighted by Gasteiger charge is 2.79. The second-order valence-corrected chi connectivity index (χ2v) is 12.9. The maximum Gasteiger partial charge on any atom is 0.168 e. The van der Waals surface area contributed by atoms with Gasteiger partial charge in [0.1, 0.15) is 11.7 Å². The van der Waals surface area contributed by atoms with Crippen LogP contribution in [0, 0.1) is 46.3 Å². The van der Waals surface area contributed by atoms with Crippen molar-refractivity contribution in [2.45, 2.75) is 117 Å². The average Bonchev–Trinajstić information content (AvgIpc) is 3.29. The lowest BCUT2D eigenvalue weighted by Gasteiger charge is -2.58. The quantitative estimate of drug-likeness (QED) is 0.578. The van der Waals surface area contributed by atoms with Crippen LogP contribution in [0.4, 0.5) is 0 Å². The molecule has 5 aliphatic rings. The smallest absolute Gasteiger partial charge is 0.168 e. The van der Waals surface area contributed by atoms with Crippen molar-refractivity contribution in [3.63, 3.8) is 0 Å². The summed E-state index contributed by atoms with van der Waals surface area (Å²) in [7, 11) is 0. The van der Waals surface area contributed by atoms with Crippen LogP contribution in [0.1, 0.15) is 98.8 Å². The third-order valence-electron chi connectivity index (χ3n) is 11.1. The number of carbonyl (C=O) groups is 1. The molecule has 0 amide bonds. The van der Waals surface area contributed by atoms with Crippen LogP contribution >= 0.6 is 0 Å². The Morgan fingerprint density at radius 1 is 1.03 bits per heavy atom. The zero-order chi connectivity index (χ0) is 21.5. The fourth-order valence-corrected chi connectivity index (χ4v) is 9.37. The predicted molar refractivity (Wildman–Crippen MR) is 119 cm³/mol. The van der Waals surface area contributed by atoms with E-state index in [9.17, 15) is 9.90 Å². The van der Waals surface area contributed by atoms with E-state index < -0.39 is 0 Å². The number of fused-ring (bicyclic) bond motifs is 4. The largest absolute Gasteiger partial charge is 0.393 e. The van der Waals surface area contributed by atoms with E-state index in [0.29, 0.717) is 29.5 Å². The number of ketones is 1. The number of aliphatic hydroxyl groups excluding tert-OH is 1. The van der Waals surface area contributed by atoms with Crippen LogP contribution in [-0.4, -0.2) is 28.7 Å². The Kier molecular flexibility index (Phi) is 5.03. The van der Waals surface area contributed by atoms with Crippen molar-refractivity contribution in [2.75, 3.05) is 0 Å². The highest BCUT2D eigenvalue weighted by molar-refractivity contribution is 5.91. The van der Waals surface area contributed by atoms with E-state index in [0.717, 1.165) is 30.6 Å². The molecule has 0 radical (unpaired) electrons. The Labute approximate surface area is 183 Å². The molecule has 5 fully saturated rings. The van der Waals surface area contributed by atoms with E-state index in [1.54, 1.807) is 0 Å². The van der Waals surface area contributed by atoms with Gasteiger partial charge in [0.05, 0.1) is 6.10 Å². The van der Waals surface area contributed by atoms with Gasteiger partial charge in [0, 0.05) is 17.8 Å². The minimum Gasteiger partial charge on any atom is -0.393 e. The first kappa shape index (κ1) is 21.4. The first-order chi connectivity index (χ1) is 14.1. The topological polar surface area (TPSA) is 49.8 Å². The van der Waals surface area contributed by atoms with Crippen LogP contribution in [0.25, 0.3) is 0 Å². The maximum atomic E-state index is 13.7. The van der Waals surface area contributed by atoms with Crippen molar-refractivity contribution in [1.29, 1.82) is 0 Å². The first-order valence-corrected chi connectivity index (χ1v) is 13.0. The van der Waals surface area contributed by atoms with Crippen LogP contribution in [0.2, 0.25) is 0 Å². The number of Topliss-reactive ketones (excluding diaryl/α,β-unsaturated/α-hetero) is 1. The normalized spacial score (nSPS) is 53.0. The van der Waals surface area contributed by atoms with Gasteiger partial charge in [0.15, 0.2) is 5.78 Å². The Balaban J connectivity index is 1.37. The van der Waals surface area contributed by atoms with Crippen LogP contribution in [-0.2, 0) is 9.53 Å². The number of epoxide rings is 1. The number of carbonyl (C=O) groups excluding carboxylic acids is 1. The molecule has 1 aliphatic heterocycles. The van der Waals surface area contributed by atoms with Gasteiger partial charge in [-0.15, -0.1) is 0 Å². The lowest BCUT2D eigenvalue weighted by Crippen LogP contribution is -2.61. The monoisotopic (exact) mass is 416 g/mol. The third-order valence-corrected chi connectivity index (χ3v) is 11.1. The molecule has 3 heteroatoms. The van der Waals surface area contributed by atoms with E-state index in [2.05, 4.69) is 34.6 Å². The van der Waals surface area contributed by atoms with Crippen molar-refractivity contribution in [3.8, 4) is 0 Å². The summed E-state index contributed by atoms with van der Waals surface area (Å²) in [6.07, 6.45) is 11.1. The zero-order valence-electron chi connectivity index (χ0n) is 20.0. The fraction of sp³-hybridized carbons (Fsp3) is 0.963. The van der Waals surface area contributed by atoms with E-state index in [1.807, 2.05) is 0 Å². The molecule has 4 aliphatic carbocycles. The summed E-state index contributed by atoms with van der Waals surface area (Å²) in [6, 6.07) is 0. The molecule has 0 aromatic heterocycles. The first-order valence-electron chi connectivity index (χ1n) is 13.0. The molecule has 10 atom stereocenters. The molecule has 3 nitrogen and oxygen atoms in total. The molecule has 1 N–H and O–H groups in total. The summed E-state index contributed by atoms with van der Waals surface area (Å²) in [4.78, 5) is 13.7. The SMILES string of the molecule is CC(C)CCC[C@H](C)C1CCC2C3C(=O)[C@@H]4O[C@@]45C[C@@H](O)CC[C@]5(C)C3CC[C@@]21C. The van der Waals surface area contributed by atoms with Crippen molar-refractivity contribution in [2.24, 2.45) is 46.3 Å². The molecule has 1 spiro atoms. The van der Waals surface area contributed by atoms with Crippen molar-refractivity contribution < 1.29 is 14.6 Å². The van der Waals surface area contributed by atoms with Gasteiger partial charge in [-0.05, 0) is 73.5 Å². The second-order valence-electron chi connectivity index (χ2n) is 12.9. The third kappa shape index (κ3) is 2.79. The van der Waals surface area contributed by atoms with E-state index in [4.69, 9.17) is 4.74 Å². The summed E-state index contributed by atoms with van der Waals surface area (Å²) in [5.74, 6) is 3.97. The summed E-state index contributed by atoms with van der Waals surface area (Å²) >= 11 is 0. The number of rotatable bonds is 5. The second kappa shape index (κ2) is 7.04. The molecule has 0 aromatic rings. The molecule has 0 aromatic carbocycles. The van der Waals surface area contributed by atoms with Crippen molar-refractivity contribution >= 4 is 5.78 Å². The predicted octanol–water partition coefficient (Wildman–Crippen LogP) is 5.78. The van der Waals surface area contributed by atoms with Gasteiger partial charge in [0.2, 0.25) is 0 Å². The summed E-state index contributed by atoms with van der Waals surface area (Å²) in [6.45, 7) is 12.1. The molecule has 170 valence electrons. The summed E-state index contributed by atoms with van der Waals surface area (Å²) in [5, 5.41) is 10.3. The van der Waals surface area contributed by atoms with Gasteiger partial charge in [-0.2, -0.15) is 0 Å². The number of hydrogen-bond acceptors (Lipinski definition) is 3. The van der Waals surface area contributed by atoms with Crippen LogP contribution < -0.4 is 0 Å². The van der Waals surface area contributed by atoms with E-state index in [1.165, 1.54) is 44.9 Å². The van der Waals surface area contributed by atoms with E-state index in [-0.39, 0.29) is 29.1 Å². The van der Waals surface area contributed by atoms with Crippen molar-refractivity contribution in [1.82, 2.24) is 0 Å². The van der Waals surface area contributed by atoms with Gasteiger partial charge in [-0.25, -0.2) is 0 Å². The number of ether oxygens (including phenoxy) is 1. The Bertz CT molecular complexity index is 702. The van der Waals surface area contributed by atoms with Gasteiger partial charge in [-0.3, -0.25) is 4.79 Å². The van der Waals surface area contributed by atoms with Crippen LogP contribution in [0.5, 0.6) is 0 Å². The Morgan fingerprint density at radius 2 is 1.80 bits per heavy atom. The maximum absolute atomic E-state index is 13.7. The highest BCUT2D eigenvalue weighted by atomic mass is 16.6. The van der Waals surface area contributed by atoms with Gasteiger partial charge in [0.25, 0.3) is 0 Å². The minimum atomic E-state index is -0.335. The van der Waals surface area contributed by atoms with Crippen molar-refractivity contribution in [3.05, 3.63) is 0 Å². The van der Waals surface area contributed by atoms with E-state index >= 15 is 0 Å². The fourth-order valence-electron chi connectivity index (χ4n) is 9.37. The lowest BCUT2D eigenvalue weighted by molar-refractivity contribution is -0.151. The molecule has 5 rings (SSSR count). The summed E-state index contributed by atoms with van der Waals surface area (Å²) < 4.78 is 6.27. The van der Waals surface area contributed by atoms with Gasteiger partial charge < -0.3 is 9.84 Å². The highest BCUT2D eigenvalue weighted by Crippen LogP contribution is 2.73. The summed E-state index contributed by atoms with van der Waals surface area (Å²) in [5.41, 5.74) is 0.0735.